The minimum Gasteiger partial charge on any atom is -0.379 e. The van der Waals surface area contributed by atoms with E-state index in [1.165, 1.54) is 11.3 Å². The van der Waals surface area contributed by atoms with Crippen LogP contribution < -0.4 is 10.6 Å². The molecule has 1 aliphatic heterocycles. The van der Waals surface area contributed by atoms with Crippen LogP contribution in [0.3, 0.4) is 0 Å². The number of hydrogen-bond acceptors (Lipinski definition) is 7. The van der Waals surface area contributed by atoms with Gasteiger partial charge in [-0.05, 0) is 56.5 Å². The predicted octanol–water partition coefficient (Wildman–Crippen LogP) is 3.71. The molecule has 2 aliphatic rings. The third-order valence-corrected chi connectivity index (χ3v) is 7.22. The second-order valence-electron chi connectivity index (χ2n) is 8.65. The van der Waals surface area contributed by atoms with Crippen LogP contribution in [0.1, 0.15) is 45.5 Å². The first-order chi connectivity index (χ1) is 16.0. The first-order valence-electron chi connectivity index (χ1n) is 11.3. The van der Waals surface area contributed by atoms with Gasteiger partial charge in [0.05, 0.1) is 30.3 Å². The summed E-state index contributed by atoms with van der Waals surface area (Å²) in [4.78, 5) is 38.3. The molecule has 1 aliphatic carbocycles. The molecule has 3 aromatic rings. The highest BCUT2D eigenvalue weighted by atomic mass is 32.1. The maximum Gasteiger partial charge on any atom is 0.266 e. The number of carbonyl (C=O) groups is 2. The van der Waals surface area contributed by atoms with Crippen LogP contribution in [0.25, 0.3) is 10.2 Å². The fourth-order valence-electron chi connectivity index (χ4n) is 4.09. The van der Waals surface area contributed by atoms with Gasteiger partial charge in [0.1, 0.15) is 10.7 Å². The standard InChI is InChI=1S/C24H27N5O3S/c1-14-20-15(2)25-22(16-3-4-16)28-24(20)33-21(14)23(31)27-18-7-5-17(6-8-18)26-19(30)13-29-9-11-32-12-10-29/h5-8,16H,3-4,9-13H2,1-2H3,(H,26,30)(H,27,31). The number of nitrogens with zero attached hydrogens (tertiary/aromatic N) is 3. The molecule has 9 heteroatoms. The van der Waals surface area contributed by atoms with E-state index < -0.39 is 0 Å². The van der Waals surface area contributed by atoms with Gasteiger partial charge in [0.15, 0.2) is 0 Å². The van der Waals surface area contributed by atoms with Gasteiger partial charge in [0.25, 0.3) is 5.91 Å². The van der Waals surface area contributed by atoms with E-state index in [-0.39, 0.29) is 11.8 Å². The Hall–Kier alpha value is -2.88. The molecule has 0 spiro atoms. The number of hydrogen-bond donors (Lipinski definition) is 2. The lowest BCUT2D eigenvalue weighted by molar-refractivity contribution is -0.118. The van der Waals surface area contributed by atoms with E-state index in [1.54, 1.807) is 24.3 Å². The Kier molecular flexibility index (Phi) is 6.09. The normalized spacial score (nSPS) is 16.7. The third-order valence-electron chi connectivity index (χ3n) is 6.03. The molecule has 0 atom stereocenters. The average Bonchev–Trinajstić information content (AvgIpc) is 3.59. The van der Waals surface area contributed by atoms with Crippen LogP contribution in [0, 0.1) is 13.8 Å². The molecule has 0 radical (unpaired) electrons. The number of carbonyl (C=O) groups excluding carboxylic acids is 2. The maximum atomic E-state index is 13.0. The summed E-state index contributed by atoms with van der Waals surface area (Å²) in [6.07, 6.45) is 2.29. The number of amides is 2. The SMILES string of the molecule is Cc1nc(C2CC2)nc2sc(C(=O)Nc3ccc(NC(=O)CN4CCOCC4)cc3)c(C)c12. The van der Waals surface area contributed by atoms with E-state index in [0.717, 1.165) is 53.2 Å². The minimum atomic E-state index is -0.160. The number of nitrogens with one attached hydrogen (secondary N) is 2. The molecule has 8 nitrogen and oxygen atoms in total. The summed E-state index contributed by atoms with van der Waals surface area (Å²) < 4.78 is 5.31. The molecule has 1 aromatic carbocycles. The number of morpholine rings is 1. The lowest BCUT2D eigenvalue weighted by Crippen LogP contribution is -2.41. The summed E-state index contributed by atoms with van der Waals surface area (Å²) in [6.45, 7) is 7.14. The number of aryl methyl sites for hydroxylation is 2. The largest absolute Gasteiger partial charge is 0.379 e. The van der Waals surface area contributed by atoms with Crippen molar-refractivity contribution < 1.29 is 14.3 Å². The summed E-state index contributed by atoms with van der Waals surface area (Å²) in [5.74, 6) is 1.16. The zero-order valence-corrected chi connectivity index (χ0v) is 19.6. The smallest absolute Gasteiger partial charge is 0.266 e. The molecule has 2 N–H and O–H groups in total. The number of ether oxygens (including phenoxy) is 1. The molecule has 33 heavy (non-hydrogen) atoms. The second kappa shape index (κ2) is 9.17. The van der Waals surface area contributed by atoms with Gasteiger partial charge in [-0.2, -0.15) is 0 Å². The highest BCUT2D eigenvalue weighted by molar-refractivity contribution is 7.20. The molecule has 2 fully saturated rings. The fraction of sp³-hybridized carbons (Fsp3) is 0.417. The summed E-state index contributed by atoms with van der Waals surface area (Å²) in [5, 5.41) is 6.85. The Bertz CT molecular complexity index is 1200. The van der Waals surface area contributed by atoms with Gasteiger partial charge >= 0.3 is 0 Å². The molecular weight excluding hydrogens is 438 g/mol. The van der Waals surface area contributed by atoms with Crippen molar-refractivity contribution >= 4 is 44.7 Å². The van der Waals surface area contributed by atoms with Gasteiger partial charge in [-0.25, -0.2) is 9.97 Å². The van der Waals surface area contributed by atoms with Crippen molar-refractivity contribution in [3.63, 3.8) is 0 Å². The van der Waals surface area contributed by atoms with Crippen molar-refractivity contribution in [1.82, 2.24) is 14.9 Å². The second-order valence-corrected chi connectivity index (χ2v) is 9.65. The zero-order valence-electron chi connectivity index (χ0n) is 18.8. The van der Waals surface area contributed by atoms with Gasteiger partial charge in [-0.1, -0.05) is 0 Å². The first kappa shape index (κ1) is 21.9. The first-order valence-corrected chi connectivity index (χ1v) is 12.1. The van der Waals surface area contributed by atoms with Gasteiger partial charge < -0.3 is 15.4 Å². The van der Waals surface area contributed by atoms with Gasteiger partial charge in [-0.3, -0.25) is 14.5 Å². The van der Waals surface area contributed by atoms with Crippen molar-refractivity contribution in [1.29, 1.82) is 0 Å². The van der Waals surface area contributed by atoms with Crippen LogP contribution in [0.2, 0.25) is 0 Å². The van der Waals surface area contributed by atoms with E-state index >= 15 is 0 Å². The van der Waals surface area contributed by atoms with Crippen LogP contribution in [0.4, 0.5) is 11.4 Å². The topological polar surface area (TPSA) is 96.4 Å². The Morgan fingerprint density at radius 2 is 1.73 bits per heavy atom. The molecule has 2 amide bonds. The molecule has 0 unspecified atom stereocenters. The molecule has 1 saturated carbocycles. The molecule has 2 aromatic heterocycles. The van der Waals surface area contributed by atoms with Gasteiger partial charge in [0, 0.05) is 35.8 Å². The Balaban J connectivity index is 1.24. The zero-order chi connectivity index (χ0) is 22.9. The molecule has 0 bridgehead atoms. The number of rotatable bonds is 6. The van der Waals surface area contributed by atoms with Gasteiger partial charge in [0.2, 0.25) is 5.91 Å². The molecular formula is C24H27N5O3S. The Morgan fingerprint density at radius 1 is 1.06 bits per heavy atom. The summed E-state index contributed by atoms with van der Waals surface area (Å²) in [6, 6.07) is 7.17. The van der Waals surface area contributed by atoms with Crippen LogP contribution in [0.5, 0.6) is 0 Å². The number of thiophene rings is 1. The van der Waals surface area contributed by atoms with E-state index in [2.05, 4.69) is 20.5 Å². The Morgan fingerprint density at radius 3 is 2.39 bits per heavy atom. The van der Waals surface area contributed by atoms with E-state index in [0.29, 0.717) is 41.9 Å². The molecule has 1 saturated heterocycles. The average molecular weight is 466 g/mol. The fourth-order valence-corrected chi connectivity index (χ4v) is 5.22. The van der Waals surface area contributed by atoms with E-state index in [4.69, 9.17) is 9.72 Å². The van der Waals surface area contributed by atoms with E-state index in [9.17, 15) is 9.59 Å². The summed E-state index contributed by atoms with van der Waals surface area (Å²) >= 11 is 1.42. The van der Waals surface area contributed by atoms with Gasteiger partial charge in [-0.15, -0.1) is 11.3 Å². The number of fused-ring (bicyclic) bond motifs is 1. The van der Waals surface area contributed by atoms with Crippen molar-refractivity contribution in [2.24, 2.45) is 0 Å². The molecule has 3 heterocycles. The number of benzene rings is 1. The number of aromatic nitrogens is 2. The van der Waals surface area contributed by atoms with Crippen molar-refractivity contribution in [3.8, 4) is 0 Å². The van der Waals surface area contributed by atoms with Crippen LogP contribution in [0.15, 0.2) is 24.3 Å². The lowest BCUT2D eigenvalue weighted by Gasteiger charge is -2.25. The highest BCUT2D eigenvalue weighted by Gasteiger charge is 2.28. The quantitative estimate of drug-likeness (QED) is 0.576. The van der Waals surface area contributed by atoms with Crippen LogP contribution >= 0.6 is 11.3 Å². The van der Waals surface area contributed by atoms with Crippen LogP contribution in [-0.4, -0.2) is 59.5 Å². The molecule has 5 rings (SSSR count). The minimum absolute atomic E-state index is 0.0587. The highest BCUT2D eigenvalue weighted by Crippen LogP contribution is 2.40. The maximum absolute atomic E-state index is 13.0. The van der Waals surface area contributed by atoms with E-state index in [1.807, 2.05) is 13.8 Å². The van der Waals surface area contributed by atoms with Crippen LogP contribution in [-0.2, 0) is 9.53 Å². The van der Waals surface area contributed by atoms with Crippen molar-refractivity contribution in [3.05, 3.63) is 46.2 Å². The number of anilines is 2. The summed E-state index contributed by atoms with van der Waals surface area (Å²) in [7, 11) is 0. The van der Waals surface area contributed by atoms with Crippen molar-refractivity contribution in [2.75, 3.05) is 43.5 Å². The third kappa shape index (κ3) is 4.90. The predicted molar refractivity (Wildman–Crippen MR) is 129 cm³/mol. The lowest BCUT2D eigenvalue weighted by atomic mass is 10.1. The summed E-state index contributed by atoms with van der Waals surface area (Å²) in [5.41, 5.74) is 3.22. The monoisotopic (exact) mass is 465 g/mol. The van der Waals surface area contributed by atoms with Crippen molar-refractivity contribution in [2.45, 2.75) is 32.6 Å². The molecule has 172 valence electrons. The Labute approximate surface area is 196 Å².